The molecular formula is C11H12FN5O. The summed E-state index contributed by atoms with van der Waals surface area (Å²) in [5.74, 6) is -0.899. The molecule has 1 aliphatic heterocycles. The summed E-state index contributed by atoms with van der Waals surface area (Å²) in [6.07, 6.45) is 0.182. The number of nitrogens with zero attached hydrogens (tertiary/aromatic N) is 1. The summed E-state index contributed by atoms with van der Waals surface area (Å²) in [7, 11) is 0. The fourth-order valence-electron chi connectivity index (χ4n) is 1.67. The predicted molar refractivity (Wildman–Crippen MR) is 62.4 cm³/mol. The van der Waals surface area contributed by atoms with Gasteiger partial charge in [0.05, 0.1) is 11.7 Å². The summed E-state index contributed by atoms with van der Waals surface area (Å²) in [4.78, 5) is 11.8. The van der Waals surface area contributed by atoms with E-state index in [-0.39, 0.29) is 17.6 Å². The Balaban J connectivity index is 2.06. The number of carbonyl (C=O) groups is 1. The molecule has 0 aliphatic carbocycles. The van der Waals surface area contributed by atoms with Crippen molar-refractivity contribution in [1.82, 2.24) is 10.9 Å². The van der Waals surface area contributed by atoms with Gasteiger partial charge in [-0.3, -0.25) is 4.79 Å². The van der Waals surface area contributed by atoms with E-state index >= 15 is 0 Å². The number of hydrogen-bond donors (Lipinski definition) is 4. The SMILES string of the molecule is N#Cc1cc(NC(=O)C2CC(N)NN2)ccc1F. The lowest BCUT2D eigenvalue weighted by Gasteiger charge is -2.10. The van der Waals surface area contributed by atoms with Crippen LogP contribution in [0.25, 0.3) is 0 Å². The van der Waals surface area contributed by atoms with Crippen molar-refractivity contribution in [3.8, 4) is 6.07 Å². The second-order valence-electron chi connectivity index (χ2n) is 3.98. The lowest BCUT2D eigenvalue weighted by atomic mass is 10.1. The molecule has 1 saturated heterocycles. The largest absolute Gasteiger partial charge is 0.325 e. The average molecular weight is 249 g/mol. The van der Waals surface area contributed by atoms with Gasteiger partial charge in [-0.2, -0.15) is 5.26 Å². The molecule has 0 spiro atoms. The van der Waals surface area contributed by atoms with Gasteiger partial charge in [-0.05, 0) is 18.2 Å². The van der Waals surface area contributed by atoms with Gasteiger partial charge < -0.3 is 11.1 Å². The Hall–Kier alpha value is -2.01. The molecule has 94 valence electrons. The molecule has 2 atom stereocenters. The fourth-order valence-corrected chi connectivity index (χ4v) is 1.67. The highest BCUT2D eigenvalue weighted by molar-refractivity contribution is 5.95. The summed E-state index contributed by atoms with van der Waals surface area (Å²) >= 11 is 0. The van der Waals surface area contributed by atoms with Crippen LogP contribution in [0.2, 0.25) is 0 Å². The summed E-state index contributed by atoms with van der Waals surface area (Å²) in [5, 5.41) is 11.3. The van der Waals surface area contributed by atoms with Gasteiger partial charge in [0.1, 0.15) is 17.9 Å². The Bertz CT molecular complexity index is 513. The summed E-state index contributed by atoms with van der Waals surface area (Å²) in [6, 6.07) is 5.09. The van der Waals surface area contributed by atoms with Gasteiger partial charge in [0.15, 0.2) is 0 Å². The number of amides is 1. The van der Waals surface area contributed by atoms with Crippen molar-refractivity contribution in [2.45, 2.75) is 18.6 Å². The van der Waals surface area contributed by atoms with E-state index in [1.807, 2.05) is 0 Å². The number of nitrogens with one attached hydrogen (secondary N) is 3. The third kappa shape index (κ3) is 2.62. The van der Waals surface area contributed by atoms with Crippen molar-refractivity contribution in [2.24, 2.45) is 5.73 Å². The maximum atomic E-state index is 13.1. The number of nitriles is 1. The number of benzene rings is 1. The predicted octanol–water partition coefficient (Wildman–Crippen LogP) is -0.213. The van der Waals surface area contributed by atoms with Gasteiger partial charge in [0.25, 0.3) is 0 Å². The molecule has 18 heavy (non-hydrogen) atoms. The van der Waals surface area contributed by atoms with Crippen molar-refractivity contribution in [3.05, 3.63) is 29.6 Å². The molecule has 1 aliphatic rings. The molecule has 1 aromatic carbocycles. The molecule has 2 unspecified atom stereocenters. The number of rotatable bonds is 2. The molecule has 0 radical (unpaired) electrons. The normalized spacial score (nSPS) is 22.5. The molecule has 2 rings (SSSR count). The summed E-state index contributed by atoms with van der Waals surface area (Å²) in [6.45, 7) is 0. The standard InChI is InChI=1S/C11H12FN5O/c12-8-2-1-7(3-6(8)5-13)15-11(18)9-4-10(14)17-16-9/h1-3,9-10,16-17H,4,14H2,(H,15,18). The molecule has 1 amide bonds. The van der Waals surface area contributed by atoms with Crippen LogP contribution in [0.5, 0.6) is 0 Å². The van der Waals surface area contributed by atoms with Crippen molar-refractivity contribution in [1.29, 1.82) is 5.26 Å². The number of halogens is 1. The van der Waals surface area contributed by atoms with Gasteiger partial charge in [-0.15, -0.1) is 0 Å². The van der Waals surface area contributed by atoms with Gasteiger partial charge in [0, 0.05) is 12.1 Å². The van der Waals surface area contributed by atoms with Crippen LogP contribution in [0.15, 0.2) is 18.2 Å². The Morgan fingerprint density at radius 1 is 1.56 bits per heavy atom. The average Bonchev–Trinajstić information content (AvgIpc) is 2.78. The van der Waals surface area contributed by atoms with Gasteiger partial charge in [0.2, 0.25) is 5.91 Å². The number of nitrogens with two attached hydrogens (primary N) is 1. The molecule has 6 nitrogen and oxygen atoms in total. The molecule has 0 bridgehead atoms. The maximum Gasteiger partial charge on any atom is 0.242 e. The van der Waals surface area contributed by atoms with Crippen molar-refractivity contribution < 1.29 is 9.18 Å². The topological polar surface area (TPSA) is 103 Å². The van der Waals surface area contributed by atoms with Crippen LogP contribution in [0.4, 0.5) is 10.1 Å². The van der Waals surface area contributed by atoms with E-state index in [1.54, 1.807) is 6.07 Å². The molecule has 1 fully saturated rings. The first-order chi connectivity index (χ1) is 8.60. The van der Waals surface area contributed by atoms with E-state index in [2.05, 4.69) is 16.2 Å². The van der Waals surface area contributed by atoms with Crippen LogP contribution < -0.4 is 21.9 Å². The first-order valence-electron chi connectivity index (χ1n) is 5.37. The Morgan fingerprint density at radius 2 is 2.33 bits per heavy atom. The highest BCUT2D eigenvalue weighted by atomic mass is 19.1. The Labute approximate surface area is 103 Å². The molecule has 1 aromatic rings. The summed E-state index contributed by atoms with van der Waals surface area (Å²) in [5.41, 5.74) is 11.3. The first-order valence-corrected chi connectivity index (χ1v) is 5.37. The van der Waals surface area contributed by atoms with E-state index in [0.29, 0.717) is 12.1 Å². The zero-order chi connectivity index (χ0) is 13.1. The van der Waals surface area contributed by atoms with Crippen LogP contribution >= 0.6 is 0 Å². The monoisotopic (exact) mass is 249 g/mol. The number of anilines is 1. The van der Waals surface area contributed by atoms with Gasteiger partial charge >= 0.3 is 0 Å². The van der Waals surface area contributed by atoms with E-state index in [4.69, 9.17) is 11.0 Å². The van der Waals surface area contributed by atoms with Gasteiger partial charge in [-0.1, -0.05) is 0 Å². The van der Waals surface area contributed by atoms with Gasteiger partial charge in [-0.25, -0.2) is 15.2 Å². The Kier molecular flexibility index (Phi) is 3.53. The second-order valence-corrected chi connectivity index (χ2v) is 3.98. The summed E-state index contributed by atoms with van der Waals surface area (Å²) < 4.78 is 13.1. The van der Waals surface area contributed by atoms with E-state index in [0.717, 1.165) is 6.07 Å². The zero-order valence-corrected chi connectivity index (χ0v) is 9.40. The Morgan fingerprint density at radius 3 is 2.94 bits per heavy atom. The number of carbonyl (C=O) groups excluding carboxylic acids is 1. The quantitative estimate of drug-likeness (QED) is 0.580. The lowest BCUT2D eigenvalue weighted by Crippen LogP contribution is -2.41. The number of hydrogen-bond acceptors (Lipinski definition) is 5. The third-order valence-corrected chi connectivity index (χ3v) is 2.60. The first kappa shape index (κ1) is 12.4. The molecule has 0 aromatic heterocycles. The van der Waals surface area contributed by atoms with Crippen molar-refractivity contribution in [3.63, 3.8) is 0 Å². The van der Waals surface area contributed by atoms with Crippen LogP contribution in [-0.4, -0.2) is 18.1 Å². The third-order valence-electron chi connectivity index (χ3n) is 2.60. The van der Waals surface area contributed by atoms with Crippen molar-refractivity contribution in [2.75, 3.05) is 5.32 Å². The van der Waals surface area contributed by atoms with Crippen LogP contribution in [-0.2, 0) is 4.79 Å². The van der Waals surface area contributed by atoms with E-state index in [1.165, 1.54) is 12.1 Å². The highest BCUT2D eigenvalue weighted by Crippen LogP contribution is 2.14. The maximum absolute atomic E-state index is 13.1. The molecule has 1 heterocycles. The minimum atomic E-state index is -0.613. The smallest absolute Gasteiger partial charge is 0.242 e. The minimum absolute atomic E-state index is 0.109. The van der Waals surface area contributed by atoms with Crippen molar-refractivity contribution >= 4 is 11.6 Å². The van der Waals surface area contributed by atoms with E-state index < -0.39 is 11.9 Å². The molecule has 7 heteroatoms. The second kappa shape index (κ2) is 5.10. The lowest BCUT2D eigenvalue weighted by molar-refractivity contribution is -0.117. The highest BCUT2D eigenvalue weighted by Gasteiger charge is 2.26. The molecular weight excluding hydrogens is 237 g/mol. The number of hydrazine groups is 1. The molecule has 0 saturated carbocycles. The zero-order valence-electron chi connectivity index (χ0n) is 9.40. The van der Waals surface area contributed by atoms with Crippen LogP contribution in [0, 0.1) is 17.1 Å². The minimum Gasteiger partial charge on any atom is -0.325 e. The van der Waals surface area contributed by atoms with Crippen LogP contribution in [0.3, 0.4) is 0 Å². The fraction of sp³-hybridized carbons (Fsp3) is 0.273. The van der Waals surface area contributed by atoms with Crippen LogP contribution in [0.1, 0.15) is 12.0 Å². The molecule has 5 N–H and O–H groups in total. The van der Waals surface area contributed by atoms with E-state index in [9.17, 15) is 9.18 Å².